The molecule has 0 heterocycles. The Bertz CT molecular complexity index is 288. The number of hydrogen-bond acceptors (Lipinski definition) is 4. The number of hydrogen-bond donors (Lipinski definition) is 1. The minimum atomic E-state index is -0.780. The first kappa shape index (κ1) is 16.3. The zero-order valence-corrected chi connectivity index (χ0v) is 12.2. The van der Waals surface area contributed by atoms with Crippen LogP contribution in [-0.4, -0.2) is 48.5 Å². The molecular weight excluding hydrogens is 234 g/mol. The van der Waals surface area contributed by atoms with Gasteiger partial charge in [-0.1, -0.05) is 13.8 Å². The van der Waals surface area contributed by atoms with Gasteiger partial charge in [0.15, 0.2) is 0 Å². The van der Waals surface area contributed by atoms with E-state index in [2.05, 4.69) is 11.4 Å². The van der Waals surface area contributed by atoms with E-state index in [1.807, 2.05) is 32.1 Å². The lowest BCUT2D eigenvalue weighted by molar-refractivity contribution is -0.123. The minimum absolute atomic E-state index is 0.0907. The predicted molar refractivity (Wildman–Crippen MR) is 72.9 cm³/mol. The number of thioether (sulfide) groups is 1. The van der Waals surface area contributed by atoms with Gasteiger partial charge in [-0.2, -0.15) is 17.0 Å². The number of nitrogens with zero attached hydrogens (tertiary/aromatic N) is 2. The molecule has 0 aliphatic rings. The van der Waals surface area contributed by atoms with Crippen LogP contribution >= 0.6 is 11.8 Å². The molecule has 0 radical (unpaired) electrons. The van der Waals surface area contributed by atoms with Crippen molar-refractivity contribution in [3.8, 4) is 6.07 Å². The van der Waals surface area contributed by atoms with Crippen molar-refractivity contribution in [2.24, 2.45) is 5.92 Å². The Balaban J connectivity index is 4.22. The van der Waals surface area contributed by atoms with Crippen molar-refractivity contribution in [2.75, 3.05) is 32.1 Å². The van der Waals surface area contributed by atoms with Gasteiger partial charge in [-0.05, 0) is 26.1 Å². The number of carbonyl (C=O) groups is 1. The second kappa shape index (κ2) is 7.57. The van der Waals surface area contributed by atoms with E-state index in [-0.39, 0.29) is 11.8 Å². The molecule has 0 aliphatic carbocycles. The molecule has 1 amide bonds. The monoisotopic (exact) mass is 257 g/mol. The van der Waals surface area contributed by atoms with Crippen LogP contribution in [0.25, 0.3) is 0 Å². The number of nitriles is 1. The van der Waals surface area contributed by atoms with E-state index in [9.17, 15) is 4.79 Å². The average molecular weight is 257 g/mol. The fourth-order valence-corrected chi connectivity index (χ4v) is 1.70. The molecule has 0 unspecified atom stereocenters. The van der Waals surface area contributed by atoms with E-state index in [0.717, 1.165) is 12.3 Å². The Morgan fingerprint density at radius 1 is 1.59 bits per heavy atom. The first-order valence-electron chi connectivity index (χ1n) is 5.75. The lowest BCUT2D eigenvalue weighted by Crippen LogP contribution is -2.51. The van der Waals surface area contributed by atoms with Crippen LogP contribution in [0, 0.1) is 17.2 Å². The van der Waals surface area contributed by atoms with Gasteiger partial charge in [-0.3, -0.25) is 9.69 Å². The summed E-state index contributed by atoms with van der Waals surface area (Å²) in [6.07, 6.45) is 2.04. The van der Waals surface area contributed by atoms with Crippen LogP contribution in [0.5, 0.6) is 0 Å². The number of likely N-dealkylation sites (N-methyl/N-ethyl adjacent to an activating group) is 1. The first-order chi connectivity index (χ1) is 7.85. The molecule has 98 valence electrons. The molecule has 0 aromatic heterocycles. The van der Waals surface area contributed by atoms with Crippen LogP contribution in [0.3, 0.4) is 0 Å². The number of rotatable bonds is 7. The first-order valence-corrected chi connectivity index (χ1v) is 7.15. The van der Waals surface area contributed by atoms with Crippen LogP contribution in [0.1, 0.15) is 20.8 Å². The number of carbonyl (C=O) groups excluding carboxylic acids is 1. The summed E-state index contributed by atoms with van der Waals surface area (Å²) in [5, 5.41) is 11.9. The van der Waals surface area contributed by atoms with Crippen LogP contribution in [0.4, 0.5) is 0 Å². The largest absolute Gasteiger partial charge is 0.337 e. The van der Waals surface area contributed by atoms with Gasteiger partial charge < -0.3 is 5.32 Å². The molecule has 0 aromatic carbocycles. The Labute approximate surface area is 109 Å². The van der Waals surface area contributed by atoms with Gasteiger partial charge in [0.2, 0.25) is 5.91 Å². The van der Waals surface area contributed by atoms with Gasteiger partial charge in [-0.25, -0.2) is 0 Å². The molecule has 4 nitrogen and oxygen atoms in total. The Morgan fingerprint density at radius 3 is 2.59 bits per heavy atom. The maximum atomic E-state index is 11.8. The summed E-state index contributed by atoms with van der Waals surface area (Å²) < 4.78 is 0. The predicted octanol–water partition coefficient (Wildman–Crippen LogP) is 1.34. The smallest absolute Gasteiger partial charge is 0.235 e. The zero-order chi connectivity index (χ0) is 13.5. The van der Waals surface area contributed by atoms with Crippen molar-refractivity contribution in [1.82, 2.24) is 10.2 Å². The lowest BCUT2D eigenvalue weighted by Gasteiger charge is -2.28. The minimum Gasteiger partial charge on any atom is -0.337 e. The molecule has 1 N–H and O–H groups in total. The molecule has 5 heteroatoms. The SMILES string of the molecule is CSCCN(C)CC(=O)N[C@](C)(C#N)C(C)C. The van der Waals surface area contributed by atoms with Gasteiger partial charge in [0.05, 0.1) is 12.6 Å². The second-order valence-corrected chi connectivity index (χ2v) is 5.73. The fourth-order valence-electron chi connectivity index (χ4n) is 1.20. The summed E-state index contributed by atoms with van der Waals surface area (Å²) in [6.45, 7) is 6.84. The van der Waals surface area contributed by atoms with Crippen molar-refractivity contribution in [2.45, 2.75) is 26.3 Å². The third kappa shape index (κ3) is 5.94. The van der Waals surface area contributed by atoms with Gasteiger partial charge in [0.25, 0.3) is 0 Å². The Kier molecular flexibility index (Phi) is 7.24. The molecule has 0 saturated carbocycles. The molecular formula is C12H23N3OS. The van der Waals surface area contributed by atoms with Crippen molar-refractivity contribution in [3.63, 3.8) is 0 Å². The van der Waals surface area contributed by atoms with Crippen molar-refractivity contribution >= 4 is 17.7 Å². The molecule has 1 atom stereocenters. The third-order valence-electron chi connectivity index (χ3n) is 2.88. The summed E-state index contributed by atoms with van der Waals surface area (Å²) in [4.78, 5) is 13.7. The Hall–Kier alpha value is -0.730. The highest BCUT2D eigenvalue weighted by molar-refractivity contribution is 7.98. The van der Waals surface area contributed by atoms with Crippen molar-refractivity contribution in [1.29, 1.82) is 5.26 Å². The van der Waals surface area contributed by atoms with E-state index in [0.29, 0.717) is 6.54 Å². The average Bonchev–Trinajstić information content (AvgIpc) is 2.25. The summed E-state index contributed by atoms with van der Waals surface area (Å²) in [7, 11) is 1.91. The van der Waals surface area contributed by atoms with Gasteiger partial charge >= 0.3 is 0 Å². The van der Waals surface area contributed by atoms with Gasteiger partial charge in [-0.15, -0.1) is 0 Å². The van der Waals surface area contributed by atoms with E-state index in [1.165, 1.54) is 0 Å². The molecule has 0 rings (SSSR count). The molecule has 0 aromatic rings. The topological polar surface area (TPSA) is 56.1 Å². The van der Waals surface area contributed by atoms with E-state index in [1.54, 1.807) is 18.7 Å². The fraction of sp³-hybridized carbons (Fsp3) is 0.833. The molecule has 0 spiro atoms. The maximum Gasteiger partial charge on any atom is 0.235 e. The highest BCUT2D eigenvalue weighted by atomic mass is 32.2. The number of amides is 1. The molecule has 0 fully saturated rings. The standard InChI is InChI=1S/C12H23N3OS/c1-10(2)12(3,9-13)14-11(16)8-15(4)6-7-17-5/h10H,6-8H2,1-5H3,(H,14,16)/t12-/m1/s1. The van der Waals surface area contributed by atoms with Crippen LogP contribution < -0.4 is 5.32 Å². The molecule has 0 bridgehead atoms. The quantitative estimate of drug-likeness (QED) is 0.747. The highest BCUT2D eigenvalue weighted by Gasteiger charge is 2.29. The second-order valence-electron chi connectivity index (χ2n) is 4.75. The van der Waals surface area contributed by atoms with E-state index >= 15 is 0 Å². The molecule has 0 aliphatic heterocycles. The van der Waals surface area contributed by atoms with Crippen LogP contribution in [0.15, 0.2) is 0 Å². The normalized spacial score (nSPS) is 14.5. The highest BCUT2D eigenvalue weighted by Crippen LogP contribution is 2.14. The lowest BCUT2D eigenvalue weighted by atomic mass is 9.90. The van der Waals surface area contributed by atoms with E-state index < -0.39 is 5.54 Å². The van der Waals surface area contributed by atoms with Crippen LogP contribution in [0.2, 0.25) is 0 Å². The molecule has 17 heavy (non-hydrogen) atoms. The van der Waals surface area contributed by atoms with Crippen molar-refractivity contribution in [3.05, 3.63) is 0 Å². The summed E-state index contributed by atoms with van der Waals surface area (Å²) in [5.74, 6) is 1.00. The summed E-state index contributed by atoms with van der Waals surface area (Å²) in [5.41, 5.74) is -0.780. The summed E-state index contributed by atoms with van der Waals surface area (Å²) in [6, 6.07) is 2.17. The van der Waals surface area contributed by atoms with Gasteiger partial charge in [0.1, 0.15) is 5.54 Å². The summed E-state index contributed by atoms with van der Waals surface area (Å²) >= 11 is 1.75. The van der Waals surface area contributed by atoms with Gasteiger partial charge in [0, 0.05) is 12.3 Å². The maximum absolute atomic E-state index is 11.8. The van der Waals surface area contributed by atoms with E-state index in [4.69, 9.17) is 5.26 Å². The van der Waals surface area contributed by atoms with Crippen LogP contribution in [-0.2, 0) is 4.79 Å². The molecule has 0 saturated heterocycles. The zero-order valence-electron chi connectivity index (χ0n) is 11.4. The van der Waals surface area contributed by atoms with Crippen molar-refractivity contribution < 1.29 is 4.79 Å². The Morgan fingerprint density at radius 2 is 2.18 bits per heavy atom. The third-order valence-corrected chi connectivity index (χ3v) is 3.47. The number of nitrogens with one attached hydrogen (secondary N) is 1.